The molecule has 0 amide bonds. The summed E-state index contributed by atoms with van der Waals surface area (Å²) in [7, 11) is 0. The molecule has 1 fully saturated rings. The molecule has 1 aliphatic rings. The summed E-state index contributed by atoms with van der Waals surface area (Å²) in [5.41, 5.74) is 3.64. The zero-order chi connectivity index (χ0) is 17.0. The summed E-state index contributed by atoms with van der Waals surface area (Å²) >= 11 is 0. The highest BCUT2D eigenvalue weighted by Gasteiger charge is 2.31. The van der Waals surface area contributed by atoms with E-state index in [1.807, 2.05) is 68.4 Å². The number of nitrogens with one attached hydrogen (secondary N) is 1. The van der Waals surface area contributed by atoms with E-state index in [9.17, 15) is 4.79 Å². The minimum Gasteiger partial charge on any atom is -0.457 e. The van der Waals surface area contributed by atoms with Gasteiger partial charge in [0.2, 0.25) is 0 Å². The van der Waals surface area contributed by atoms with Crippen LogP contribution in [-0.2, 0) is 9.53 Å². The molecule has 0 aliphatic carbocycles. The van der Waals surface area contributed by atoms with Gasteiger partial charge in [-0.15, -0.1) is 0 Å². The molecule has 5 nitrogen and oxygen atoms in total. The lowest BCUT2D eigenvalue weighted by Crippen LogP contribution is -2.40. The molecule has 3 rings (SSSR count). The lowest BCUT2D eigenvalue weighted by Gasteiger charge is -2.29. The molecule has 2 aromatic rings. The van der Waals surface area contributed by atoms with Crippen molar-refractivity contribution in [1.29, 1.82) is 0 Å². The van der Waals surface area contributed by atoms with Crippen LogP contribution in [0.4, 0.5) is 5.69 Å². The zero-order valence-electron chi connectivity index (χ0n) is 13.8. The van der Waals surface area contributed by atoms with E-state index in [0.717, 1.165) is 11.4 Å². The summed E-state index contributed by atoms with van der Waals surface area (Å²) in [6, 6.07) is 17.0. The first kappa shape index (κ1) is 16.2. The van der Waals surface area contributed by atoms with E-state index >= 15 is 0 Å². The second kappa shape index (κ2) is 6.84. The number of rotatable bonds is 4. The van der Waals surface area contributed by atoms with E-state index in [1.54, 1.807) is 0 Å². The van der Waals surface area contributed by atoms with Crippen molar-refractivity contribution in [3.63, 3.8) is 0 Å². The first-order valence-electron chi connectivity index (χ1n) is 7.85. The molecule has 1 saturated heterocycles. The van der Waals surface area contributed by atoms with E-state index in [4.69, 9.17) is 9.47 Å². The van der Waals surface area contributed by atoms with Crippen molar-refractivity contribution in [2.75, 3.05) is 12.0 Å². The molecule has 5 heteroatoms. The van der Waals surface area contributed by atoms with Crippen LogP contribution in [0.2, 0.25) is 0 Å². The van der Waals surface area contributed by atoms with Crippen LogP contribution in [0.3, 0.4) is 0 Å². The van der Waals surface area contributed by atoms with Crippen LogP contribution in [-0.4, -0.2) is 23.7 Å². The smallest absolute Gasteiger partial charge is 0.184 e. The molecule has 0 bridgehead atoms. The van der Waals surface area contributed by atoms with Crippen molar-refractivity contribution in [2.24, 2.45) is 5.10 Å². The van der Waals surface area contributed by atoms with Gasteiger partial charge in [-0.1, -0.05) is 24.3 Å². The number of anilines is 1. The van der Waals surface area contributed by atoms with Crippen molar-refractivity contribution < 1.29 is 14.3 Å². The largest absolute Gasteiger partial charge is 0.457 e. The molecule has 2 aromatic carbocycles. The van der Waals surface area contributed by atoms with Crippen LogP contribution in [0.1, 0.15) is 20.3 Å². The Morgan fingerprint density at radius 1 is 1.08 bits per heavy atom. The van der Waals surface area contributed by atoms with Crippen molar-refractivity contribution in [1.82, 2.24) is 0 Å². The Hall–Kier alpha value is -2.66. The highest BCUT2D eigenvalue weighted by atomic mass is 16.5. The van der Waals surface area contributed by atoms with E-state index in [2.05, 4.69) is 10.5 Å². The van der Waals surface area contributed by atoms with Gasteiger partial charge in [-0.3, -0.25) is 10.2 Å². The number of ether oxygens (including phenoxy) is 2. The van der Waals surface area contributed by atoms with Gasteiger partial charge in [0.05, 0.1) is 17.9 Å². The van der Waals surface area contributed by atoms with Gasteiger partial charge in [-0.25, -0.2) is 0 Å². The Labute approximate surface area is 141 Å². The van der Waals surface area contributed by atoms with E-state index < -0.39 is 5.60 Å². The summed E-state index contributed by atoms with van der Waals surface area (Å²) < 4.78 is 11.4. The summed E-state index contributed by atoms with van der Waals surface area (Å²) in [6.45, 7) is 4.03. The monoisotopic (exact) mass is 324 g/mol. The number of para-hydroxylation sites is 1. The van der Waals surface area contributed by atoms with Crippen LogP contribution < -0.4 is 10.2 Å². The van der Waals surface area contributed by atoms with Crippen LogP contribution in [0, 0.1) is 0 Å². The molecule has 0 saturated carbocycles. The molecule has 24 heavy (non-hydrogen) atoms. The van der Waals surface area contributed by atoms with Crippen molar-refractivity contribution >= 4 is 17.2 Å². The van der Waals surface area contributed by atoms with Gasteiger partial charge in [-0.05, 0) is 38.1 Å². The third-order valence-electron chi connectivity index (χ3n) is 3.64. The summed E-state index contributed by atoms with van der Waals surface area (Å²) in [5, 5.41) is 4.18. The topological polar surface area (TPSA) is 59.9 Å². The second-order valence-corrected chi connectivity index (χ2v) is 6.26. The minimum absolute atomic E-state index is 0.00967. The maximum atomic E-state index is 12.1. The number of ketones is 1. The van der Waals surface area contributed by atoms with E-state index in [1.165, 1.54) is 0 Å². The lowest BCUT2D eigenvalue weighted by atomic mass is 9.96. The average molecular weight is 324 g/mol. The SMILES string of the molecule is CC1(C)CC(=O)/C(=N/Nc2cccc(Oc3ccccc3)c2)CO1. The Bertz CT molecular complexity index is 754. The Morgan fingerprint density at radius 2 is 1.83 bits per heavy atom. The van der Waals surface area contributed by atoms with Gasteiger partial charge in [0.15, 0.2) is 5.78 Å². The van der Waals surface area contributed by atoms with Crippen molar-refractivity contribution in [3.8, 4) is 11.5 Å². The van der Waals surface area contributed by atoms with Crippen LogP contribution in [0.5, 0.6) is 11.5 Å². The lowest BCUT2D eigenvalue weighted by molar-refractivity contribution is -0.122. The first-order valence-corrected chi connectivity index (χ1v) is 7.85. The minimum atomic E-state index is -0.417. The number of nitrogens with zero attached hydrogens (tertiary/aromatic N) is 1. The van der Waals surface area contributed by atoms with E-state index in [-0.39, 0.29) is 12.4 Å². The molecular weight excluding hydrogens is 304 g/mol. The van der Waals surface area contributed by atoms with Gasteiger partial charge >= 0.3 is 0 Å². The average Bonchev–Trinajstić information content (AvgIpc) is 2.55. The molecule has 1 N–H and O–H groups in total. The normalized spacial score (nSPS) is 18.4. The molecule has 0 spiro atoms. The summed E-state index contributed by atoms with van der Waals surface area (Å²) in [4.78, 5) is 12.1. The number of benzene rings is 2. The third kappa shape index (κ3) is 4.20. The summed E-state index contributed by atoms with van der Waals surface area (Å²) in [6.07, 6.45) is 0.338. The number of hydrogen-bond acceptors (Lipinski definition) is 5. The third-order valence-corrected chi connectivity index (χ3v) is 3.64. The van der Waals surface area contributed by atoms with Gasteiger partial charge in [0.1, 0.15) is 17.2 Å². The molecule has 0 aromatic heterocycles. The standard InChI is InChI=1S/C19H20N2O3/c1-19(2)12-18(22)17(13-23-19)21-20-14-7-6-10-16(11-14)24-15-8-4-3-5-9-15/h3-11,20H,12-13H2,1-2H3/b21-17+. The Morgan fingerprint density at radius 3 is 2.58 bits per heavy atom. The Balaban J connectivity index is 1.67. The second-order valence-electron chi connectivity index (χ2n) is 6.26. The molecular formula is C19H20N2O3. The fourth-order valence-corrected chi connectivity index (χ4v) is 2.36. The van der Waals surface area contributed by atoms with Crippen molar-refractivity contribution in [2.45, 2.75) is 25.9 Å². The first-order chi connectivity index (χ1) is 11.5. The number of carbonyl (C=O) groups is 1. The molecule has 0 unspecified atom stereocenters. The van der Waals surface area contributed by atoms with Gasteiger partial charge in [-0.2, -0.15) is 5.10 Å². The predicted octanol–water partition coefficient (Wildman–Crippen LogP) is 4.01. The maximum Gasteiger partial charge on any atom is 0.184 e. The number of hydrazone groups is 1. The fraction of sp³-hybridized carbons (Fsp3) is 0.263. The molecule has 1 aliphatic heterocycles. The van der Waals surface area contributed by atoms with Gasteiger partial charge in [0.25, 0.3) is 0 Å². The number of hydrogen-bond donors (Lipinski definition) is 1. The zero-order valence-corrected chi connectivity index (χ0v) is 13.8. The summed E-state index contributed by atoms with van der Waals surface area (Å²) in [5.74, 6) is 1.47. The van der Waals surface area contributed by atoms with Gasteiger partial charge < -0.3 is 9.47 Å². The Kier molecular flexibility index (Phi) is 4.62. The molecule has 0 atom stereocenters. The molecule has 1 heterocycles. The van der Waals surface area contributed by atoms with Crippen LogP contribution >= 0.6 is 0 Å². The maximum absolute atomic E-state index is 12.1. The van der Waals surface area contributed by atoms with Gasteiger partial charge in [0, 0.05) is 12.5 Å². The molecule has 0 radical (unpaired) electrons. The highest BCUT2D eigenvalue weighted by molar-refractivity contribution is 6.41. The van der Waals surface area contributed by atoms with Crippen molar-refractivity contribution in [3.05, 3.63) is 54.6 Å². The van der Waals surface area contributed by atoms with E-state index in [0.29, 0.717) is 17.9 Å². The predicted molar refractivity (Wildman–Crippen MR) is 93.7 cm³/mol. The van der Waals surface area contributed by atoms with Crippen LogP contribution in [0.15, 0.2) is 59.7 Å². The van der Waals surface area contributed by atoms with Crippen LogP contribution in [0.25, 0.3) is 0 Å². The number of Topliss-reactive ketones (excluding diaryl/α,β-unsaturated/α-hetero) is 1. The molecule has 124 valence electrons. The quantitative estimate of drug-likeness (QED) is 0.863. The highest BCUT2D eigenvalue weighted by Crippen LogP contribution is 2.24. The number of carbonyl (C=O) groups excluding carboxylic acids is 1. The fourth-order valence-electron chi connectivity index (χ4n) is 2.36.